The molecule has 4 aliphatic rings. The Morgan fingerprint density at radius 3 is 2.64 bits per heavy atom. The number of hydrogen-bond acceptors (Lipinski definition) is 1. The molecule has 1 aromatic carbocycles. The van der Waals surface area contributed by atoms with Crippen LogP contribution >= 0.6 is 0 Å². The van der Waals surface area contributed by atoms with Gasteiger partial charge in [-0.25, -0.2) is 4.39 Å². The van der Waals surface area contributed by atoms with Crippen molar-refractivity contribution in [2.24, 2.45) is 5.92 Å². The molecule has 1 spiro atoms. The smallest absolute Gasteiger partial charge is 0.237 e. The van der Waals surface area contributed by atoms with Gasteiger partial charge in [0.2, 0.25) is 5.91 Å². The van der Waals surface area contributed by atoms with Gasteiger partial charge >= 0.3 is 0 Å². The molecule has 0 radical (unpaired) electrons. The number of anilines is 1. The van der Waals surface area contributed by atoms with Crippen LogP contribution in [0.4, 0.5) is 10.1 Å². The van der Waals surface area contributed by atoms with Crippen molar-refractivity contribution in [1.29, 1.82) is 0 Å². The van der Waals surface area contributed by atoms with Crippen LogP contribution in [0.25, 0.3) is 0 Å². The fourth-order valence-corrected chi connectivity index (χ4v) is 4.34. The minimum absolute atomic E-state index is 0.159. The van der Waals surface area contributed by atoms with Crippen molar-refractivity contribution in [1.82, 2.24) is 0 Å². The molecule has 1 heterocycles. The number of rotatable bonds is 4. The van der Waals surface area contributed by atoms with Gasteiger partial charge in [-0.15, -0.1) is 0 Å². The summed E-state index contributed by atoms with van der Waals surface area (Å²) in [5.74, 6) is 1.61. The molecule has 0 N–H and O–H groups in total. The van der Waals surface area contributed by atoms with Gasteiger partial charge in [-0.05, 0) is 61.1 Å². The number of carbonyl (C=O) groups excluding carboxylic acids is 1. The highest BCUT2D eigenvalue weighted by Gasteiger charge is 2.61. The molecule has 0 unspecified atom stereocenters. The molecule has 5 rings (SSSR count). The molecule has 3 aliphatic carbocycles. The van der Waals surface area contributed by atoms with Crippen molar-refractivity contribution in [3.63, 3.8) is 0 Å². The molecule has 0 saturated heterocycles. The Bertz CT molecular complexity index is 674. The number of fused-ring (bicyclic) bond motifs is 2. The lowest BCUT2D eigenvalue weighted by molar-refractivity contribution is -0.120. The van der Waals surface area contributed by atoms with Crippen molar-refractivity contribution in [2.75, 3.05) is 11.4 Å². The monoisotopic (exact) mass is 299 g/mol. The third kappa shape index (κ3) is 1.68. The highest BCUT2D eigenvalue weighted by Crippen LogP contribution is 2.60. The van der Waals surface area contributed by atoms with Crippen LogP contribution in [0.5, 0.6) is 0 Å². The van der Waals surface area contributed by atoms with E-state index in [0.717, 1.165) is 24.4 Å². The molecule has 1 amide bonds. The van der Waals surface area contributed by atoms with Crippen molar-refractivity contribution < 1.29 is 9.18 Å². The number of carbonyl (C=O) groups is 1. The Balaban J connectivity index is 1.54. The quantitative estimate of drug-likeness (QED) is 0.820. The molecule has 1 aliphatic heterocycles. The van der Waals surface area contributed by atoms with Crippen LogP contribution in [0.1, 0.15) is 62.5 Å². The van der Waals surface area contributed by atoms with Crippen LogP contribution in [-0.4, -0.2) is 18.1 Å². The SMILES string of the molecule is CC[C@H]1C[C@@H]1c1ccc2c(c1)N(CC1(F)CC1)C(=O)C21CC1. The summed E-state index contributed by atoms with van der Waals surface area (Å²) in [6, 6.07) is 6.59. The fraction of sp³-hybridized carbons (Fsp3) is 0.632. The highest BCUT2D eigenvalue weighted by molar-refractivity contribution is 6.10. The first kappa shape index (κ1) is 13.1. The Labute approximate surface area is 130 Å². The largest absolute Gasteiger partial charge is 0.308 e. The standard InChI is InChI=1S/C19H22FNO/c1-2-12-9-14(12)13-3-4-15-16(10-13)21(11-18(20)5-6-18)17(22)19(15)7-8-19/h3-4,10,12,14H,2,5-9,11H2,1H3/t12-,14-/m0/s1. The van der Waals surface area contributed by atoms with Crippen molar-refractivity contribution in [2.45, 2.75) is 62.5 Å². The van der Waals surface area contributed by atoms with E-state index >= 15 is 0 Å². The maximum absolute atomic E-state index is 14.3. The first-order valence-corrected chi connectivity index (χ1v) is 8.72. The average Bonchev–Trinajstić information content (AvgIpc) is 3.40. The van der Waals surface area contributed by atoms with Crippen molar-refractivity contribution in [3.8, 4) is 0 Å². The van der Waals surface area contributed by atoms with Gasteiger partial charge in [0.15, 0.2) is 0 Å². The molecular formula is C19H22FNO. The topological polar surface area (TPSA) is 20.3 Å². The zero-order valence-corrected chi connectivity index (χ0v) is 13.1. The first-order valence-electron chi connectivity index (χ1n) is 8.72. The van der Waals surface area contributed by atoms with Gasteiger partial charge in [-0.1, -0.05) is 25.5 Å². The second-order valence-corrected chi connectivity index (χ2v) is 7.91. The summed E-state index contributed by atoms with van der Waals surface area (Å²) in [5, 5.41) is 0. The Kier molecular flexibility index (Phi) is 2.34. The maximum Gasteiger partial charge on any atom is 0.237 e. The van der Waals surface area contributed by atoms with Crippen LogP contribution in [0.15, 0.2) is 18.2 Å². The van der Waals surface area contributed by atoms with Crippen LogP contribution < -0.4 is 4.90 Å². The van der Waals surface area contributed by atoms with Crippen LogP contribution in [-0.2, 0) is 10.2 Å². The zero-order chi connectivity index (χ0) is 15.1. The lowest BCUT2D eigenvalue weighted by Gasteiger charge is -2.20. The number of hydrogen-bond donors (Lipinski definition) is 0. The molecule has 2 atom stereocenters. The number of halogens is 1. The maximum atomic E-state index is 14.3. The Hall–Kier alpha value is -1.38. The minimum Gasteiger partial charge on any atom is -0.308 e. The van der Waals surface area contributed by atoms with E-state index in [2.05, 4.69) is 25.1 Å². The Morgan fingerprint density at radius 2 is 2.05 bits per heavy atom. The fourth-order valence-electron chi connectivity index (χ4n) is 4.34. The predicted molar refractivity (Wildman–Crippen MR) is 83.9 cm³/mol. The van der Waals surface area contributed by atoms with E-state index in [1.54, 1.807) is 4.90 Å². The third-order valence-electron chi connectivity index (χ3n) is 6.34. The van der Waals surface area contributed by atoms with E-state index < -0.39 is 5.67 Å². The number of nitrogens with zero attached hydrogens (tertiary/aromatic N) is 1. The second-order valence-electron chi connectivity index (χ2n) is 7.91. The van der Waals surface area contributed by atoms with Gasteiger partial charge < -0.3 is 4.90 Å². The molecule has 0 bridgehead atoms. The summed E-state index contributed by atoms with van der Waals surface area (Å²) in [7, 11) is 0. The van der Waals surface area contributed by atoms with Gasteiger partial charge in [0.1, 0.15) is 5.67 Å². The van der Waals surface area contributed by atoms with E-state index in [9.17, 15) is 9.18 Å². The summed E-state index contributed by atoms with van der Waals surface area (Å²) in [6.45, 7) is 2.51. The normalized spacial score (nSPS) is 32.3. The van der Waals surface area contributed by atoms with Gasteiger partial charge in [0, 0.05) is 5.69 Å². The van der Waals surface area contributed by atoms with E-state index in [1.165, 1.54) is 24.0 Å². The van der Waals surface area contributed by atoms with Crippen LogP contribution in [0.3, 0.4) is 0 Å². The number of benzene rings is 1. The lowest BCUT2D eigenvalue weighted by atomic mass is 9.95. The molecule has 2 nitrogen and oxygen atoms in total. The summed E-state index contributed by atoms with van der Waals surface area (Å²) in [6.07, 6.45) is 5.59. The average molecular weight is 299 g/mol. The summed E-state index contributed by atoms with van der Waals surface area (Å²) < 4.78 is 14.3. The number of amides is 1. The van der Waals surface area contributed by atoms with Gasteiger partial charge in [0.05, 0.1) is 12.0 Å². The van der Waals surface area contributed by atoms with E-state index in [4.69, 9.17) is 0 Å². The van der Waals surface area contributed by atoms with E-state index in [0.29, 0.717) is 18.8 Å². The van der Waals surface area contributed by atoms with E-state index in [1.807, 2.05) is 0 Å². The molecular weight excluding hydrogens is 277 g/mol. The second kappa shape index (κ2) is 3.93. The van der Waals surface area contributed by atoms with Gasteiger partial charge in [-0.2, -0.15) is 0 Å². The van der Waals surface area contributed by atoms with E-state index in [-0.39, 0.29) is 17.9 Å². The number of alkyl halides is 1. The van der Waals surface area contributed by atoms with Crippen LogP contribution in [0.2, 0.25) is 0 Å². The molecule has 0 aromatic heterocycles. The molecule has 3 saturated carbocycles. The third-order valence-corrected chi connectivity index (χ3v) is 6.34. The lowest BCUT2D eigenvalue weighted by Crippen LogP contribution is -2.37. The van der Waals surface area contributed by atoms with Gasteiger partial charge in [-0.3, -0.25) is 4.79 Å². The summed E-state index contributed by atoms with van der Waals surface area (Å²) in [4.78, 5) is 14.6. The minimum atomic E-state index is -1.12. The summed E-state index contributed by atoms with van der Waals surface area (Å²) in [5.41, 5.74) is 2.14. The Morgan fingerprint density at radius 1 is 1.27 bits per heavy atom. The molecule has 3 fully saturated rings. The molecule has 116 valence electrons. The van der Waals surface area contributed by atoms with Crippen LogP contribution in [0, 0.1) is 5.92 Å². The molecule has 22 heavy (non-hydrogen) atoms. The van der Waals surface area contributed by atoms with Crippen molar-refractivity contribution in [3.05, 3.63) is 29.3 Å². The predicted octanol–water partition coefficient (Wildman–Crippen LogP) is 4.08. The summed E-state index contributed by atoms with van der Waals surface area (Å²) >= 11 is 0. The first-order chi connectivity index (χ1) is 10.6. The highest BCUT2D eigenvalue weighted by atomic mass is 19.1. The zero-order valence-electron chi connectivity index (χ0n) is 13.1. The molecule has 3 heteroatoms. The molecule has 1 aromatic rings. The van der Waals surface area contributed by atoms with Gasteiger partial charge in [0.25, 0.3) is 0 Å². The van der Waals surface area contributed by atoms with Crippen molar-refractivity contribution >= 4 is 11.6 Å².